The maximum atomic E-state index is 12.2. The van der Waals surface area contributed by atoms with E-state index in [2.05, 4.69) is 21.8 Å². The summed E-state index contributed by atoms with van der Waals surface area (Å²) in [5, 5.41) is 15.0. The van der Waals surface area contributed by atoms with Crippen LogP contribution < -0.4 is 10.6 Å². The van der Waals surface area contributed by atoms with Crippen LogP contribution in [-0.4, -0.2) is 34.8 Å². The molecule has 0 bridgehead atoms. The third kappa shape index (κ3) is 4.14. The number of benzene rings is 1. The average molecular weight is 355 g/mol. The number of likely N-dealkylation sites (tertiary alicyclic amines) is 1. The predicted octanol–water partition coefficient (Wildman–Crippen LogP) is 2.51. The van der Waals surface area contributed by atoms with Gasteiger partial charge in [0.05, 0.1) is 10.8 Å². The van der Waals surface area contributed by atoms with E-state index in [4.69, 9.17) is 5.26 Å². The molecule has 0 aliphatic carbocycles. The molecular weight excluding hydrogens is 338 g/mol. The fraction of sp³-hybridized carbons (Fsp3) is 0.294. The Kier molecular flexibility index (Phi) is 4.95. The van der Waals surface area contributed by atoms with Crippen LogP contribution in [0.5, 0.6) is 0 Å². The summed E-state index contributed by atoms with van der Waals surface area (Å²) in [5.74, 6) is -0.388. The molecule has 1 atom stereocenters. The molecule has 1 aliphatic heterocycles. The molecule has 2 aromatic rings. The lowest BCUT2D eigenvalue weighted by molar-refractivity contribution is -0.119. The number of thiazole rings is 1. The molecule has 1 aliphatic rings. The van der Waals surface area contributed by atoms with E-state index < -0.39 is 0 Å². The van der Waals surface area contributed by atoms with Crippen molar-refractivity contribution < 1.29 is 9.59 Å². The number of amides is 2. The molecule has 7 nitrogen and oxygen atoms in total. The van der Waals surface area contributed by atoms with Crippen molar-refractivity contribution in [3.8, 4) is 16.6 Å². The minimum absolute atomic E-state index is 0.0975. The Balaban J connectivity index is 1.63. The number of nitrogens with one attached hydrogen (secondary N) is 2. The van der Waals surface area contributed by atoms with Crippen LogP contribution >= 0.6 is 11.3 Å². The lowest BCUT2D eigenvalue weighted by Crippen LogP contribution is -2.25. The van der Waals surface area contributed by atoms with Crippen LogP contribution in [0.2, 0.25) is 0 Å². The standard InChI is InChI=1S/C17H17N5O2S/c1-11(23)20-14-4-2-12(3-5-14)15-8-19-17(25-15)21-16(24)13-6-7-22(9-13)10-18/h2-5,8,13H,6-7,9H2,1H3,(H,20,23)(H,19,21,24). The first-order valence-corrected chi connectivity index (χ1v) is 8.66. The third-order valence-corrected chi connectivity index (χ3v) is 4.89. The Morgan fingerprint density at radius 2 is 2.08 bits per heavy atom. The van der Waals surface area contributed by atoms with Crippen molar-refractivity contribution in [2.45, 2.75) is 13.3 Å². The van der Waals surface area contributed by atoms with Gasteiger partial charge in [-0.05, 0) is 24.1 Å². The summed E-state index contributed by atoms with van der Waals surface area (Å²) in [6.45, 7) is 2.55. The van der Waals surface area contributed by atoms with Crippen LogP contribution in [0.3, 0.4) is 0 Å². The predicted molar refractivity (Wildman–Crippen MR) is 95.8 cm³/mol. The highest BCUT2D eigenvalue weighted by atomic mass is 32.1. The van der Waals surface area contributed by atoms with Crippen molar-refractivity contribution in [1.82, 2.24) is 9.88 Å². The van der Waals surface area contributed by atoms with Gasteiger partial charge in [0.15, 0.2) is 11.3 Å². The van der Waals surface area contributed by atoms with E-state index in [1.165, 1.54) is 18.3 Å². The number of carbonyl (C=O) groups excluding carboxylic acids is 2. The number of hydrogen-bond donors (Lipinski definition) is 2. The van der Waals surface area contributed by atoms with Gasteiger partial charge in [-0.25, -0.2) is 4.98 Å². The zero-order chi connectivity index (χ0) is 17.8. The molecule has 8 heteroatoms. The van der Waals surface area contributed by atoms with Gasteiger partial charge >= 0.3 is 0 Å². The van der Waals surface area contributed by atoms with Crippen LogP contribution in [0, 0.1) is 17.4 Å². The summed E-state index contributed by atoms with van der Waals surface area (Å²) in [6.07, 6.45) is 4.46. The quantitative estimate of drug-likeness (QED) is 0.821. The van der Waals surface area contributed by atoms with Gasteiger partial charge in [-0.15, -0.1) is 0 Å². The van der Waals surface area contributed by atoms with Crippen molar-refractivity contribution in [3.05, 3.63) is 30.5 Å². The Morgan fingerprint density at radius 1 is 1.32 bits per heavy atom. The fourth-order valence-electron chi connectivity index (χ4n) is 2.66. The maximum Gasteiger partial charge on any atom is 0.231 e. The normalized spacial score (nSPS) is 16.3. The Bertz CT molecular complexity index is 824. The molecule has 1 unspecified atom stereocenters. The molecule has 2 amide bonds. The average Bonchev–Trinajstić information content (AvgIpc) is 3.24. The molecule has 1 fully saturated rings. The number of nitriles is 1. The van der Waals surface area contributed by atoms with Crippen molar-refractivity contribution >= 4 is 34.0 Å². The molecule has 0 spiro atoms. The molecule has 25 heavy (non-hydrogen) atoms. The molecular formula is C17H17N5O2S. The zero-order valence-corrected chi connectivity index (χ0v) is 14.5. The highest BCUT2D eigenvalue weighted by Crippen LogP contribution is 2.30. The van der Waals surface area contributed by atoms with Gasteiger partial charge in [0.1, 0.15) is 0 Å². The van der Waals surface area contributed by atoms with Gasteiger partial charge in [0.2, 0.25) is 11.8 Å². The van der Waals surface area contributed by atoms with Gasteiger partial charge < -0.3 is 15.5 Å². The Morgan fingerprint density at radius 3 is 2.72 bits per heavy atom. The van der Waals surface area contributed by atoms with E-state index in [-0.39, 0.29) is 17.7 Å². The molecule has 1 aromatic heterocycles. The first-order chi connectivity index (χ1) is 12.0. The summed E-state index contributed by atoms with van der Waals surface area (Å²) in [6, 6.07) is 7.44. The van der Waals surface area contributed by atoms with Crippen LogP contribution in [0.15, 0.2) is 30.5 Å². The lowest BCUT2D eigenvalue weighted by Gasteiger charge is -2.08. The zero-order valence-electron chi connectivity index (χ0n) is 13.7. The molecule has 2 N–H and O–H groups in total. The van der Waals surface area contributed by atoms with E-state index in [1.807, 2.05) is 24.3 Å². The fourth-order valence-corrected chi connectivity index (χ4v) is 3.48. The van der Waals surface area contributed by atoms with E-state index >= 15 is 0 Å². The number of nitrogens with zero attached hydrogens (tertiary/aromatic N) is 3. The molecule has 0 radical (unpaired) electrons. The first-order valence-electron chi connectivity index (χ1n) is 7.84. The summed E-state index contributed by atoms with van der Waals surface area (Å²) in [4.78, 5) is 30.1. The number of anilines is 2. The molecule has 1 aromatic carbocycles. The van der Waals surface area contributed by atoms with Crippen LogP contribution in [-0.2, 0) is 9.59 Å². The number of aromatic nitrogens is 1. The summed E-state index contributed by atoms with van der Waals surface area (Å²) >= 11 is 1.39. The van der Waals surface area contributed by atoms with Gasteiger partial charge in [0.25, 0.3) is 0 Å². The van der Waals surface area contributed by atoms with Crippen molar-refractivity contribution in [3.63, 3.8) is 0 Å². The summed E-state index contributed by atoms with van der Waals surface area (Å²) in [5.41, 5.74) is 1.70. The van der Waals surface area contributed by atoms with Crippen LogP contribution in [0.25, 0.3) is 10.4 Å². The van der Waals surface area contributed by atoms with Gasteiger partial charge in [0, 0.05) is 31.9 Å². The number of rotatable bonds is 4. The second kappa shape index (κ2) is 7.32. The Labute approximate surface area is 149 Å². The smallest absolute Gasteiger partial charge is 0.231 e. The Hall–Kier alpha value is -2.92. The lowest BCUT2D eigenvalue weighted by atomic mass is 10.1. The second-order valence-corrected chi connectivity index (χ2v) is 6.84. The molecule has 128 valence electrons. The van der Waals surface area contributed by atoms with E-state index in [9.17, 15) is 9.59 Å². The molecule has 1 saturated heterocycles. The minimum atomic E-state index is -0.177. The summed E-state index contributed by atoms with van der Waals surface area (Å²) in [7, 11) is 0. The highest BCUT2D eigenvalue weighted by Gasteiger charge is 2.28. The first kappa shape index (κ1) is 16.9. The molecule has 0 saturated carbocycles. The van der Waals surface area contributed by atoms with E-state index in [0.717, 1.165) is 16.1 Å². The number of hydrogen-bond acceptors (Lipinski definition) is 6. The largest absolute Gasteiger partial charge is 0.326 e. The van der Waals surface area contributed by atoms with Crippen LogP contribution in [0.1, 0.15) is 13.3 Å². The van der Waals surface area contributed by atoms with Crippen molar-refractivity contribution in [2.24, 2.45) is 5.92 Å². The van der Waals surface area contributed by atoms with Gasteiger partial charge in [-0.2, -0.15) is 5.26 Å². The van der Waals surface area contributed by atoms with E-state index in [1.54, 1.807) is 11.1 Å². The molecule has 3 rings (SSSR count). The van der Waals surface area contributed by atoms with Gasteiger partial charge in [-0.1, -0.05) is 23.5 Å². The van der Waals surface area contributed by atoms with E-state index in [0.29, 0.717) is 24.6 Å². The summed E-state index contributed by atoms with van der Waals surface area (Å²) < 4.78 is 0. The molecule has 2 heterocycles. The van der Waals surface area contributed by atoms with Gasteiger partial charge in [-0.3, -0.25) is 9.59 Å². The third-order valence-electron chi connectivity index (χ3n) is 3.93. The SMILES string of the molecule is CC(=O)Nc1ccc(-c2cnc(NC(=O)C3CCN(C#N)C3)s2)cc1. The maximum absolute atomic E-state index is 12.2. The number of carbonyl (C=O) groups is 2. The second-order valence-electron chi connectivity index (χ2n) is 5.81. The van der Waals surface area contributed by atoms with Crippen LogP contribution in [0.4, 0.5) is 10.8 Å². The monoisotopic (exact) mass is 355 g/mol. The topological polar surface area (TPSA) is 98.1 Å². The van der Waals surface area contributed by atoms with Crippen molar-refractivity contribution in [1.29, 1.82) is 5.26 Å². The van der Waals surface area contributed by atoms with Crippen molar-refractivity contribution in [2.75, 3.05) is 23.7 Å². The highest BCUT2D eigenvalue weighted by molar-refractivity contribution is 7.19. The minimum Gasteiger partial charge on any atom is -0.326 e.